The Bertz CT molecular complexity index is 1170. The van der Waals surface area contributed by atoms with E-state index in [1.54, 1.807) is 23.0 Å². The summed E-state index contributed by atoms with van der Waals surface area (Å²) in [4.78, 5) is 22.8. The van der Waals surface area contributed by atoms with Crippen LogP contribution in [0.2, 0.25) is 5.02 Å². The van der Waals surface area contributed by atoms with Gasteiger partial charge in [0.1, 0.15) is 5.03 Å². The molecule has 0 unspecified atom stereocenters. The largest absolute Gasteiger partial charge is 0.418 e. The maximum Gasteiger partial charge on any atom is 0.418 e. The number of morpholine rings is 1. The van der Waals surface area contributed by atoms with Gasteiger partial charge in [-0.05, 0) is 36.0 Å². The number of carbonyl (C=O) groups excluding carboxylic acids is 1. The van der Waals surface area contributed by atoms with Gasteiger partial charge in [0.25, 0.3) is 5.91 Å². The Hall–Kier alpha value is -2.76. The van der Waals surface area contributed by atoms with Crippen LogP contribution in [0.5, 0.6) is 0 Å². The van der Waals surface area contributed by atoms with Crippen LogP contribution in [-0.4, -0.2) is 46.7 Å². The number of halogens is 4. The van der Waals surface area contributed by atoms with E-state index in [-0.39, 0.29) is 16.3 Å². The van der Waals surface area contributed by atoms with Gasteiger partial charge in [-0.1, -0.05) is 11.6 Å². The number of carbonyl (C=O) groups is 1. The Morgan fingerprint density at radius 2 is 1.97 bits per heavy atom. The lowest BCUT2D eigenvalue weighted by atomic mass is 10.1. The van der Waals surface area contributed by atoms with Crippen molar-refractivity contribution in [1.82, 2.24) is 14.5 Å². The van der Waals surface area contributed by atoms with Gasteiger partial charge in [-0.2, -0.15) is 13.2 Å². The number of anilines is 2. The van der Waals surface area contributed by atoms with Gasteiger partial charge >= 0.3 is 6.18 Å². The second kappa shape index (κ2) is 9.62. The van der Waals surface area contributed by atoms with E-state index in [2.05, 4.69) is 15.3 Å². The summed E-state index contributed by atoms with van der Waals surface area (Å²) in [5.74, 6) is -0.748. The number of alkyl halides is 3. The van der Waals surface area contributed by atoms with Gasteiger partial charge in [0, 0.05) is 44.4 Å². The number of hydrogen-bond donors (Lipinski definition) is 1. The average molecular weight is 498 g/mol. The number of amides is 1. The first-order valence-electron chi connectivity index (χ1n) is 9.88. The molecule has 1 saturated heterocycles. The molecule has 33 heavy (non-hydrogen) atoms. The van der Waals surface area contributed by atoms with Crippen LogP contribution in [0.1, 0.15) is 15.9 Å². The zero-order valence-electron chi connectivity index (χ0n) is 17.4. The number of aromatic nitrogens is 3. The van der Waals surface area contributed by atoms with Crippen LogP contribution < -0.4 is 10.2 Å². The van der Waals surface area contributed by atoms with Crippen molar-refractivity contribution in [1.29, 1.82) is 0 Å². The van der Waals surface area contributed by atoms with Crippen LogP contribution in [0.3, 0.4) is 0 Å². The zero-order valence-corrected chi connectivity index (χ0v) is 19.0. The molecule has 1 fully saturated rings. The van der Waals surface area contributed by atoms with E-state index in [0.717, 1.165) is 6.07 Å². The molecule has 7 nitrogen and oxygen atoms in total. The number of benzene rings is 1. The van der Waals surface area contributed by atoms with Crippen LogP contribution >= 0.6 is 23.4 Å². The summed E-state index contributed by atoms with van der Waals surface area (Å²) in [6.45, 7) is 1.88. The molecule has 1 aliphatic heterocycles. The Morgan fingerprint density at radius 3 is 2.61 bits per heavy atom. The molecular weight excluding hydrogens is 479 g/mol. The van der Waals surface area contributed by atoms with E-state index < -0.39 is 17.6 Å². The van der Waals surface area contributed by atoms with Crippen molar-refractivity contribution in [3.63, 3.8) is 0 Å². The Kier molecular flexibility index (Phi) is 6.82. The molecule has 1 amide bonds. The standard InChI is InChI=1S/C21H19ClF3N5O2S/c1-29-5-4-26-20(29)33-19-16(22)10-13(12-27-19)18(31)28-17-3-2-14(11-15(17)21(23,24)25)30-6-8-32-9-7-30/h2-5,10-12H,6-9H2,1H3,(H,28,31). The second-order valence-corrected chi connectivity index (χ2v) is 8.58. The molecular formula is C21H19ClF3N5O2S. The zero-order chi connectivity index (χ0) is 23.6. The monoisotopic (exact) mass is 497 g/mol. The van der Waals surface area contributed by atoms with Crippen LogP contribution in [-0.2, 0) is 18.0 Å². The summed E-state index contributed by atoms with van der Waals surface area (Å²) in [5.41, 5.74) is -0.813. The van der Waals surface area contributed by atoms with E-state index in [1.807, 2.05) is 11.9 Å². The minimum Gasteiger partial charge on any atom is -0.378 e. The van der Waals surface area contributed by atoms with Crippen LogP contribution in [0.4, 0.5) is 24.5 Å². The quantitative estimate of drug-likeness (QED) is 0.549. The average Bonchev–Trinajstić information content (AvgIpc) is 3.19. The lowest BCUT2D eigenvalue weighted by molar-refractivity contribution is -0.136. The van der Waals surface area contributed by atoms with Gasteiger partial charge < -0.3 is 19.5 Å². The molecule has 12 heteroatoms. The highest BCUT2D eigenvalue weighted by molar-refractivity contribution is 7.99. The fraction of sp³-hybridized carbons (Fsp3) is 0.286. The fourth-order valence-electron chi connectivity index (χ4n) is 3.25. The molecule has 0 radical (unpaired) electrons. The summed E-state index contributed by atoms with van der Waals surface area (Å²) in [6, 6.07) is 5.21. The smallest absolute Gasteiger partial charge is 0.378 e. The molecule has 174 valence electrons. The van der Waals surface area contributed by atoms with Gasteiger partial charge in [0.2, 0.25) is 0 Å². The predicted octanol–water partition coefficient (Wildman–Crippen LogP) is 4.73. The summed E-state index contributed by atoms with van der Waals surface area (Å²) >= 11 is 7.47. The van der Waals surface area contributed by atoms with Crippen molar-refractivity contribution in [2.75, 3.05) is 36.5 Å². The Labute approximate surface area is 196 Å². The molecule has 1 aliphatic rings. The van der Waals surface area contributed by atoms with E-state index in [0.29, 0.717) is 42.2 Å². The van der Waals surface area contributed by atoms with Gasteiger partial charge in [-0.25, -0.2) is 9.97 Å². The van der Waals surface area contributed by atoms with Crippen molar-refractivity contribution in [3.05, 3.63) is 59.0 Å². The summed E-state index contributed by atoms with van der Waals surface area (Å²) < 4.78 is 48.3. The number of hydrogen-bond acceptors (Lipinski definition) is 6. The topological polar surface area (TPSA) is 72.3 Å². The molecule has 1 aromatic carbocycles. The number of rotatable bonds is 5. The van der Waals surface area contributed by atoms with Crippen molar-refractivity contribution in [2.24, 2.45) is 7.05 Å². The van der Waals surface area contributed by atoms with Crippen LogP contribution in [0.15, 0.2) is 53.0 Å². The highest BCUT2D eigenvalue weighted by atomic mass is 35.5. The van der Waals surface area contributed by atoms with E-state index in [4.69, 9.17) is 16.3 Å². The maximum atomic E-state index is 13.7. The van der Waals surface area contributed by atoms with Gasteiger partial charge in [-0.3, -0.25) is 4.79 Å². The number of imidazole rings is 1. The second-order valence-electron chi connectivity index (χ2n) is 7.21. The van der Waals surface area contributed by atoms with Crippen molar-refractivity contribution in [3.8, 4) is 0 Å². The first-order chi connectivity index (χ1) is 15.7. The fourth-order valence-corrected chi connectivity index (χ4v) is 4.29. The lowest BCUT2D eigenvalue weighted by Crippen LogP contribution is -2.36. The minimum atomic E-state index is -4.65. The van der Waals surface area contributed by atoms with Crippen molar-refractivity contribution < 1.29 is 22.7 Å². The van der Waals surface area contributed by atoms with E-state index >= 15 is 0 Å². The first-order valence-corrected chi connectivity index (χ1v) is 11.1. The molecule has 0 aliphatic carbocycles. The van der Waals surface area contributed by atoms with Gasteiger partial charge in [0.15, 0.2) is 5.16 Å². The lowest BCUT2D eigenvalue weighted by Gasteiger charge is -2.29. The highest BCUT2D eigenvalue weighted by Crippen LogP contribution is 2.38. The van der Waals surface area contributed by atoms with Gasteiger partial charge in [0.05, 0.1) is 35.1 Å². The van der Waals surface area contributed by atoms with E-state index in [1.165, 1.54) is 30.1 Å². The van der Waals surface area contributed by atoms with E-state index in [9.17, 15) is 18.0 Å². The number of aryl methyl sites for hydroxylation is 1. The number of nitrogens with one attached hydrogen (secondary N) is 1. The summed E-state index contributed by atoms with van der Waals surface area (Å²) in [5, 5.41) is 3.60. The third-order valence-electron chi connectivity index (χ3n) is 4.97. The molecule has 2 aromatic heterocycles. The molecule has 0 spiro atoms. The normalized spacial score (nSPS) is 14.4. The van der Waals surface area contributed by atoms with Crippen molar-refractivity contribution in [2.45, 2.75) is 16.4 Å². The number of nitrogens with zero attached hydrogens (tertiary/aromatic N) is 4. The van der Waals surface area contributed by atoms with Crippen molar-refractivity contribution >= 4 is 40.6 Å². The third-order valence-corrected chi connectivity index (χ3v) is 6.46. The Balaban J connectivity index is 1.55. The maximum absolute atomic E-state index is 13.7. The summed E-state index contributed by atoms with van der Waals surface area (Å²) in [7, 11) is 1.81. The number of pyridine rings is 1. The van der Waals surface area contributed by atoms with Gasteiger partial charge in [-0.15, -0.1) is 0 Å². The molecule has 0 bridgehead atoms. The molecule has 1 N–H and O–H groups in total. The number of ether oxygens (including phenoxy) is 1. The minimum absolute atomic E-state index is 0.0366. The molecule has 3 heterocycles. The Morgan fingerprint density at radius 1 is 1.21 bits per heavy atom. The van der Waals surface area contributed by atoms with Crippen LogP contribution in [0, 0.1) is 0 Å². The molecule has 0 saturated carbocycles. The summed E-state index contributed by atoms with van der Waals surface area (Å²) in [6.07, 6.45) is 0.00641. The van der Waals surface area contributed by atoms with Crippen LogP contribution in [0.25, 0.3) is 0 Å². The highest BCUT2D eigenvalue weighted by Gasteiger charge is 2.35. The third kappa shape index (κ3) is 5.43. The molecule has 4 rings (SSSR count). The SMILES string of the molecule is Cn1ccnc1Sc1ncc(C(=O)Nc2ccc(N3CCOCC3)cc2C(F)(F)F)cc1Cl. The molecule has 3 aromatic rings. The first kappa shape index (κ1) is 23.4. The molecule has 0 atom stereocenters. The predicted molar refractivity (Wildman–Crippen MR) is 119 cm³/mol.